The van der Waals surface area contributed by atoms with E-state index in [4.69, 9.17) is 16.3 Å². The third kappa shape index (κ3) is 5.33. The number of rotatable bonds is 6. The maximum absolute atomic E-state index is 12.8. The van der Waals surface area contributed by atoms with Gasteiger partial charge in [-0.1, -0.05) is 57.9 Å². The number of benzene rings is 3. The summed E-state index contributed by atoms with van der Waals surface area (Å²) in [6.07, 6.45) is 1.56. The van der Waals surface area contributed by atoms with Crippen molar-refractivity contribution in [2.45, 2.75) is 13.2 Å². The fourth-order valence-corrected chi connectivity index (χ4v) is 4.61. The molecule has 0 spiro atoms. The first kappa shape index (κ1) is 24.0. The molecule has 1 aliphatic heterocycles. The molecule has 1 fully saturated rings. The van der Waals surface area contributed by atoms with Crippen molar-refractivity contribution in [2.75, 3.05) is 0 Å². The third-order valence-electron chi connectivity index (χ3n) is 5.06. The molecular formula is C25H16Br2ClN3O3. The molecule has 0 radical (unpaired) electrons. The van der Waals surface area contributed by atoms with E-state index < -0.39 is 11.9 Å². The number of imide groups is 1. The summed E-state index contributed by atoms with van der Waals surface area (Å²) in [6.45, 7) is 0.332. The predicted molar refractivity (Wildman–Crippen MR) is 136 cm³/mol. The average Bonchev–Trinajstić information content (AvgIpc) is 3.07. The van der Waals surface area contributed by atoms with Gasteiger partial charge in [0.1, 0.15) is 12.3 Å². The minimum Gasteiger partial charge on any atom is -0.486 e. The van der Waals surface area contributed by atoms with Gasteiger partial charge in [-0.25, -0.2) is 4.79 Å². The Labute approximate surface area is 218 Å². The molecule has 1 N–H and O–H groups in total. The Kier molecular flexibility index (Phi) is 7.37. The lowest BCUT2D eigenvalue weighted by atomic mass is 10.1. The summed E-state index contributed by atoms with van der Waals surface area (Å²) in [7, 11) is 0. The molecule has 6 nitrogen and oxygen atoms in total. The van der Waals surface area contributed by atoms with Crippen LogP contribution in [0.5, 0.6) is 5.75 Å². The number of carbonyl (C=O) groups excluding carboxylic acids is 2. The number of carbonyl (C=O) groups is 2. The molecule has 0 saturated carbocycles. The number of nitriles is 1. The highest BCUT2D eigenvalue weighted by Gasteiger charge is 2.33. The highest BCUT2D eigenvalue weighted by atomic mass is 79.9. The first-order valence-electron chi connectivity index (χ1n) is 10.0. The monoisotopic (exact) mass is 599 g/mol. The number of halogens is 3. The van der Waals surface area contributed by atoms with Crippen LogP contribution in [0, 0.1) is 11.3 Å². The van der Waals surface area contributed by atoms with Gasteiger partial charge in [0.25, 0.3) is 5.91 Å². The van der Waals surface area contributed by atoms with Crippen LogP contribution in [0.15, 0.2) is 75.3 Å². The molecule has 3 aromatic carbocycles. The summed E-state index contributed by atoms with van der Waals surface area (Å²) in [4.78, 5) is 26.3. The number of urea groups is 1. The Bertz CT molecular complexity index is 1330. The van der Waals surface area contributed by atoms with Crippen LogP contribution >= 0.6 is 43.5 Å². The van der Waals surface area contributed by atoms with E-state index in [-0.39, 0.29) is 18.8 Å². The molecular weight excluding hydrogens is 586 g/mol. The van der Waals surface area contributed by atoms with Gasteiger partial charge >= 0.3 is 6.03 Å². The van der Waals surface area contributed by atoms with Gasteiger partial charge in [-0.15, -0.1) is 0 Å². The van der Waals surface area contributed by atoms with Crippen LogP contribution in [0.3, 0.4) is 0 Å². The quantitative estimate of drug-likeness (QED) is 0.262. The fourth-order valence-electron chi connectivity index (χ4n) is 3.36. The summed E-state index contributed by atoms with van der Waals surface area (Å²) in [5.74, 6) is -0.0104. The summed E-state index contributed by atoms with van der Waals surface area (Å²) < 4.78 is 7.34. The average molecular weight is 602 g/mol. The van der Waals surface area contributed by atoms with Gasteiger partial charge in [0.15, 0.2) is 5.75 Å². The number of nitrogens with one attached hydrogen (secondary N) is 1. The summed E-state index contributed by atoms with van der Waals surface area (Å²) in [5, 5.41) is 12.2. The van der Waals surface area contributed by atoms with Crippen molar-refractivity contribution in [2.24, 2.45) is 0 Å². The molecule has 170 valence electrons. The second-order valence-corrected chi connectivity index (χ2v) is 9.55. The van der Waals surface area contributed by atoms with Gasteiger partial charge in [-0.05, 0) is 63.5 Å². The summed E-state index contributed by atoms with van der Waals surface area (Å²) in [6, 6.07) is 19.6. The highest BCUT2D eigenvalue weighted by Crippen LogP contribution is 2.36. The molecule has 4 rings (SSSR count). The first-order valence-corrected chi connectivity index (χ1v) is 12.0. The minimum absolute atomic E-state index is 0.154. The second-order valence-electron chi connectivity index (χ2n) is 7.38. The molecule has 0 unspecified atom stereocenters. The molecule has 0 atom stereocenters. The third-order valence-corrected chi connectivity index (χ3v) is 6.46. The molecule has 34 heavy (non-hydrogen) atoms. The van der Waals surface area contributed by atoms with Gasteiger partial charge in [-0.3, -0.25) is 9.69 Å². The molecule has 1 heterocycles. The van der Waals surface area contributed by atoms with Crippen LogP contribution in [0.1, 0.15) is 22.3 Å². The fraction of sp³-hybridized carbons (Fsp3) is 0.0800. The number of hydrogen-bond donors (Lipinski definition) is 1. The number of ether oxygens (including phenoxy) is 1. The molecule has 1 saturated heterocycles. The number of nitrogens with zero attached hydrogens (tertiary/aromatic N) is 2. The summed E-state index contributed by atoms with van der Waals surface area (Å²) >= 11 is 13.3. The Hall–Kier alpha value is -3.12. The van der Waals surface area contributed by atoms with Crippen molar-refractivity contribution in [3.8, 4) is 11.8 Å². The van der Waals surface area contributed by atoms with E-state index in [1.165, 1.54) is 0 Å². The van der Waals surface area contributed by atoms with E-state index in [1.807, 2.05) is 36.4 Å². The van der Waals surface area contributed by atoms with Crippen LogP contribution < -0.4 is 10.1 Å². The van der Waals surface area contributed by atoms with Crippen LogP contribution in [0.4, 0.5) is 4.79 Å². The predicted octanol–water partition coefficient (Wildman–Crippen LogP) is 6.41. The lowest BCUT2D eigenvalue weighted by Crippen LogP contribution is -2.30. The molecule has 3 aromatic rings. The second kappa shape index (κ2) is 10.4. The SMILES string of the molecule is N#Cc1ccccc1COc1c(Cl)cc(/C=C2/NC(=O)N(Cc3ccc(Br)cc3)C2=O)cc1Br. The van der Waals surface area contributed by atoms with E-state index >= 15 is 0 Å². The molecule has 0 aromatic heterocycles. The van der Waals surface area contributed by atoms with Crippen LogP contribution in [-0.2, 0) is 17.9 Å². The van der Waals surface area contributed by atoms with Gasteiger partial charge in [0, 0.05) is 10.0 Å². The lowest BCUT2D eigenvalue weighted by molar-refractivity contribution is -0.123. The molecule has 9 heteroatoms. The zero-order valence-electron chi connectivity index (χ0n) is 17.5. The first-order chi connectivity index (χ1) is 16.4. The van der Waals surface area contributed by atoms with E-state index in [0.717, 1.165) is 20.5 Å². The standard InChI is InChI=1S/C25H16Br2ClN3O3/c26-19-7-5-15(6-8-19)13-31-24(32)22(30-25(31)33)11-16-9-20(27)23(21(28)10-16)34-14-18-4-2-1-3-17(18)12-29/h1-11H,13-14H2,(H,30,33)/b22-11+. The van der Waals surface area contributed by atoms with Crippen molar-refractivity contribution < 1.29 is 14.3 Å². The zero-order valence-corrected chi connectivity index (χ0v) is 21.4. The van der Waals surface area contributed by atoms with Crippen LogP contribution in [-0.4, -0.2) is 16.8 Å². The lowest BCUT2D eigenvalue weighted by Gasteiger charge is -2.12. The van der Waals surface area contributed by atoms with Crippen molar-refractivity contribution in [1.82, 2.24) is 10.2 Å². The Morgan fingerprint density at radius 1 is 1.09 bits per heavy atom. The van der Waals surface area contributed by atoms with Crippen molar-refractivity contribution >= 4 is 61.5 Å². The van der Waals surface area contributed by atoms with E-state index in [0.29, 0.717) is 26.4 Å². The van der Waals surface area contributed by atoms with E-state index in [1.54, 1.807) is 30.3 Å². The van der Waals surface area contributed by atoms with Gasteiger partial charge in [-0.2, -0.15) is 5.26 Å². The number of amides is 3. The maximum Gasteiger partial charge on any atom is 0.329 e. The molecule has 1 aliphatic rings. The Morgan fingerprint density at radius 3 is 2.53 bits per heavy atom. The van der Waals surface area contributed by atoms with E-state index in [9.17, 15) is 14.9 Å². The number of hydrogen-bond acceptors (Lipinski definition) is 4. The van der Waals surface area contributed by atoms with E-state index in [2.05, 4.69) is 43.2 Å². The Balaban J connectivity index is 1.51. The van der Waals surface area contributed by atoms with Gasteiger partial charge in [0.2, 0.25) is 0 Å². The van der Waals surface area contributed by atoms with Crippen molar-refractivity contribution in [3.63, 3.8) is 0 Å². The normalized spacial score (nSPS) is 14.3. The largest absolute Gasteiger partial charge is 0.486 e. The van der Waals surface area contributed by atoms with Crippen molar-refractivity contribution in [3.05, 3.63) is 103 Å². The zero-order chi connectivity index (χ0) is 24.2. The summed E-state index contributed by atoms with van der Waals surface area (Å²) in [5.41, 5.74) is 2.86. The Morgan fingerprint density at radius 2 is 1.82 bits per heavy atom. The topological polar surface area (TPSA) is 82.4 Å². The smallest absolute Gasteiger partial charge is 0.329 e. The van der Waals surface area contributed by atoms with Crippen molar-refractivity contribution in [1.29, 1.82) is 5.26 Å². The molecule has 0 bridgehead atoms. The van der Waals surface area contributed by atoms with Crippen LogP contribution in [0.25, 0.3) is 6.08 Å². The molecule has 3 amide bonds. The highest BCUT2D eigenvalue weighted by molar-refractivity contribution is 9.10. The maximum atomic E-state index is 12.8. The van der Waals surface area contributed by atoms with Gasteiger partial charge < -0.3 is 10.1 Å². The van der Waals surface area contributed by atoms with Gasteiger partial charge in [0.05, 0.1) is 27.7 Å². The molecule has 0 aliphatic carbocycles. The minimum atomic E-state index is -0.486. The van der Waals surface area contributed by atoms with Crippen LogP contribution in [0.2, 0.25) is 5.02 Å².